The molecule has 1 unspecified atom stereocenters. The molecule has 0 aromatic carbocycles. The van der Waals surface area contributed by atoms with Crippen LogP contribution in [0.15, 0.2) is 0 Å². The van der Waals surface area contributed by atoms with Gasteiger partial charge in [0.1, 0.15) is 0 Å². The molecule has 0 bridgehead atoms. The second-order valence-electron chi connectivity index (χ2n) is 2.23. The lowest BCUT2D eigenvalue weighted by atomic mass is 10.6. The monoisotopic (exact) mass is 269 g/mol. The van der Waals surface area contributed by atoms with Crippen molar-refractivity contribution in [3.8, 4) is 0 Å². The van der Waals surface area contributed by atoms with E-state index in [2.05, 4.69) is 0 Å². The van der Waals surface area contributed by atoms with Gasteiger partial charge in [-0.25, -0.2) is 0 Å². The Labute approximate surface area is 89.5 Å². The van der Waals surface area contributed by atoms with Crippen LogP contribution in [0.1, 0.15) is 6.92 Å². The quantitative estimate of drug-likeness (QED) is 0.516. The maximum Gasteiger partial charge on any atom is 0.352 e. The number of halogens is 3. The second kappa shape index (κ2) is 4.34. The minimum atomic E-state index is -4.68. The number of rotatable bonds is 2. The predicted octanol–water partition coefficient (Wildman–Crippen LogP) is 0.996. The third kappa shape index (κ3) is 5.05. The lowest BCUT2D eigenvalue weighted by molar-refractivity contribution is -0.119. The summed E-state index contributed by atoms with van der Waals surface area (Å²) in [5, 5.41) is 1.86. The van der Waals surface area contributed by atoms with Crippen molar-refractivity contribution < 1.29 is 19.1 Å². The Hall–Kier alpha value is 0.490. The summed E-state index contributed by atoms with van der Waals surface area (Å²) in [7, 11) is -4.68. The summed E-state index contributed by atoms with van der Waals surface area (Å²) in [4.78, 5) is 27.9. The lowest BCUT2D eigenvalue weighted by Crippen LogP contribution is -2.42. The Kier molecular flexibility index (Phi) is 4.50. The molecule has 0 spiro atoms. The van der Waals surface area contributed by atoms with Crippen LogP contribution in [-0.4, -0.2) is 25.3 Å². The molecule has 0 radical (unpaired) electrons. The first-order valence-electron chi connectivity index (χ1n) is 2.94. The van der Waals surface area contributed by atoms with E-state index in [1.54, 1.807) is 0 Å². The summed E-state index contributed by atoms with van der Waals surface area (Å²) in [5.74, 6) is -2.53. The number of alkyl halides is 3. The van der Waals surface area contributed by atoms with E-state index < -0.39 is 23.1 Å². The molecule has 0 heterocycles. The van der Waals surface area contributed by atoms with Crippen molar-refractivity contribution in [3.05, 3.63) is 0 Å². The van der Waals surface area contributed by atoms with E-state index in [1.807, 2.05) is 5.32 Å². The van der Waals surface area contributed by atoms with Gasteiger partial charge in [0.25, 0.3) is 0 Å². The van der Waals surface area contributed by atoms with Gasteiger partial charge in [-0.3, -0.25) is 9.36 Å². The first-order chi connectivity index (χ1) is 5.55. The minimum Gasteiger partial charge on any atom is -0.339 e. The van der Waals surface area contributed by atoms with Crippen LogP contribution in [0.2, 0.25) is 0 Å². The fourth-order valence-electron chi connectivity index (χ4n) is 0.549. The van der Waals surface area contributed by atoms with Gasteiger partial charge in [0.15, 0.2) is 5.78 Å². The Morgan fingerprint density at radius 1 is 1.46 bits per heavy atom. The highest BCUT2D eigenvalue weighted by Gasteiger charge is 2.45. The molecule has 0 aliphatic rings. The van der Waals surface area contributed by atoms with Crippen LogP contribution < -0.4 is 5.32 Å². The van der Waals surface area contributed by atoms with E-state index >= 15 is 0 Å². The fourth-order valence-corrected chi connectivity index (χ4v) is 2.59. The molecule has 1 atom stereocenters. The molecule has 3 N–H and O–H groups in total. The summed E-state index contributed by atoms with van der Waals surface area (Å²) in [6.07, 6.45) is 0. The number of hydrogen-bond acceptors (Lipinski definition) is 2. The largest absolute Gasteiger partial charge is 0.352 e. The van der Waals surface area contributed by atoms with E-state index in [1.165, 1.54) is 0 Å². The van der Waals surface area contributed by atoms with E-state index in [0.29, 0.717) is 0 Å². The third-order valence-electron chi connectivity index (χ3n) is 0.986. The molecule has 0 aliphatic carbocycles. The van der Waals surface area contributed by atoms with Crippen LogP contribution in [0, 0.1) is 0 Å². The number of amides is 1. The predicted molar refractivity (Wildman–Crippen MR) is 49.9 cm³/mol. The van der Waals surface area contributed by atoms with Gasteiger partial charge in [-0.05, 0) is 0 Å². The highest BCUT2D eigenvalue weighted by molar-refractivity contribution is 7.53. The third-order valence-corrected chi connectivity index (χ3v) is 3.29. The van der Waals surface area contributed by atoms with E-state index in [9.17, 15) is 9.36 Å². The summed E-state index contributed by atoms with van der Waals surface area (Å²) >= 11 is 15.8. The molecule has 0 saturated heterocycles. The summed E-state index contributed by atoms with van der Waals surface area (Å²) in [5.41, 5.74) is 0. The van der Waals surface area contributed by atoms with Gasteiger partial charge < -0.3 is 15.1 Å². The molecule has 78 valence electrons. The highest BCUT2D eigenvalue weighted by atomic mass is 35.6. The maximum absolute atomic E-state index is 10.7. The van der Waals surface area contributed by atoms with Gasteiger partial charge in [-0.2, -0.15) is 0 Å². The van der Waals surface area contributed by atoms with Gasteiger partial charge >= 0.3 is 7.60 Å². The zero-order valence-corrected chi connectivity index (χ0v) is 9.53. The topological polar surface area (TPSA) is 86.6 Å². The SMILES string of the molecule is CC(=O)NC(C(Cl)(Cl)Cl)P(=O)(O)O. The van der Waals surface area contributed by atoms with E-state index in [4.69, 9.17) is 44.6 Å². The molecule has 5 nitrogen and oxygen atoms in total. The zero-order valence-electron chi connectivity index (χ0n) is 6.37. The maximum atomic E-state index is 10.7. The summed E-state index contributed by atoms with van der Waals surface area (Å²) < 4.78 is 8.49. The molecular formula is C4H7Cl3NO4P. The number of carbonyl (C=O) groups excluding carboxylic acids is 1. The van der Waals surface area contributed by atoms with Crippen molar-refractivity contribution in [2.75, 3.05) is 0 Å². The molecule has 0 aliphatic heterocycles. The lowest BCUT2D eigenvalue weighted by Gasteiger charge is -2.25. The number of carbonyl (C=O) groups is 1. The van der Waals surface area contributed by atoms with Gasteiger partial charge in [0.05, 0.1) is 0 Å². The van der Waals surface area contributed by atoms with Crippen molar-refractivity contribution >= 4 is 48.3 Å². The van der Waals surface area contributed by atoms with Crippen LogP contribution in [0.4, 0.5) is 0 Å². The van der Waals surface area contributed by atoms with Gasteiger partial charge in [0, 0.05) is 6.92 Å². The van der Waals surface area contributed by atoms with Gasteiger partial charge in [-0.15, -0.1) is 0 Å². The van der Waals surface area contributed by atoms with Crippen LogP contribution in [0.25, 0.3) is 0 Å². The standard InChI is InChI=1S/C4H7Cl3NO4P/c1-2(9)8-3(4(5,6)7)13(10,11)12/h3H,1H3,(H,8,9)(H2,10,11,12). The molecule has 9 heteroatoms. The molecule has 0 saturated carbocycles. The van der Waals surface area contributed by atoms with Crippen LogP contribution >= 0.6 is 42.4 Å². The van der Waals surface area contributed by atoms with Crippen molar-refractivity contribution in [2.24, 2.45) is 0 Å². The van der Waals surface area contributed by atoms with E-state index in [-0.39, 0.29) is 0 Å². The molecule has 1 amide bonds. The average Bonchev–Trinajstić information content (AvgIpc) is 1.77. The molecule has 0 aromatic heterocycles. The average molecular weight is 270 g/mol. The van der Waals surface area contributed by atoms with Gasteiger partial charge in [-0.1, -0.05) is 34.8 Å². The van der Waals surface area contributed by atoms with Crippen molar-refractivity contribution in [3.63, 3.8) is 0 Å². The Balaban J connectivity index is 4.79. The first kappa shape index (κ1) is 13.5. The van der Waals surface area contributed by atoms with Gasteiger partial charge in [0.2, 0.25) is 9.70 Å². The van der Waals surface area contributed by atoms with Crippen LogP contribution in [0.5, 0.6) is 0 Å². The van der Waals surface area contributed by atoms with Crippen molar-refractivity contribution in [2.45, 2.75) is 16.5 Å². The normalized spacial score (nSPS) is 15.2. The van der Waals surface area contributed by atoms with Crippen LogP contribution in [0.3, 0.4) is 0 Å². The molecule has 0 aromatic rings. The fraction of sp³-hybridized carbons (Fsp3) is 0.750. The summed E-state index contributed by atoms with van der Waals surface area (Å²) in [6.45, 7) is 1.05. The van der Waals surface area contributed by atoms with E-state index in [0.717, 1.165) is 6.92 Å². The smallest absolute Gasteiger partial charge is 0.339 e. The number of nitrogens with one attached hydrogen (secondary N) is 1. The summed E-state index contributed by atoms with van der Waals surface area (Å²) in [6, 6.07) is 0. The van der Waals surface area contributed by atoms with Crippen LogP contribution in [-0.2, 0) is 9.36 Å². The first-order valence-corrected chi connectivity index (χ1v) is 5.75. The Morgan fingerprint density at radius 2 is 1.85 bits per heavy atom. The molecule has 0 rings (SSSR count). The minimum absolute atomic E-state index is 0.695. The zero-order chi connectivity index (χ0) is 10.9. The van der Waals surface area contributed by atoms with Crippen molar-refractivity contribution in [1.29, 1.82) is 0 Å². The number of hydrogen-bond donors (Lipinski definition) is 3. The molecular weight excluding hydrogens is 263 g/mol. The Morgan fingerprint density at radius 3 is 1.92 bits per heavy atom. The molecule has 0 fully saturated rings. The Bertz CT molecular complexity index is 246. The highest BCUT2D eigenvalue weighted by Crippen LogP contribution is 2.50. The van der Waals surface area contributed by atoms with Crippen molar-refractivity contribution in [1.82, 2.24) is 5.32 Å². The molecule has 13 heavy (non-hydrogen) atoms. The second-order valence-corrected chi connectivity index (χ2v) is 6.30.